The van der Waals surface area contributed by atoms with Crippen LogP contribution in [0.1, 0.15) is 16.8 Å². The van der Waals surface area contributed by atoms with Crippen LogP contribution in [0.3, 0.4) is 0 Å². The van der Waals surface area contributed by atoms with Crippen molar-refractivity contribution in [2.24, 2.45) is 4.99 Å². The number of anilines is 1. The molecule has 7 nitrogen and oxygen atoms in total. The number of amides is 1. The molecule has 0 bridgehead atoms. The number of aryl methyl sites for hydroxylation is 1. The molecule has 0 radical (unpaired) electrons. The molecule has 0 fully saturated rings. The van der Waals surface area contributed by atoms with Crippen molar-refractivity contribution in [2.45, 2.75) is 20.4 Å². The van der Waals surface area contributed by atoms with Crippen LogP contribution in [0.15, 0.2) is 64.4 Å². The van der Waals surface area contributed by atoms with Crippen molar-refractivity contribution in [3.63, 3.8) is 0 Å². The Balaban J connectivity index is 1.71. The van der Waals surface area contributed by atoms with Crippen molar-refractivity contribution in [1.29, 1.82) is 0 Å². The van der Waals surface area contributed by atoms with Gasteiger partial charge in [-0.15, -0.1) is 0 Å². The molecule has 162 valence electrons. The van der Waals surface area contributed by atoms with Crippen LogP contribution in [-0.2, 0) is 16.2 Å². The minimum Gasteiger partial charge on any atom is -0.359 e. The van der Waals surface area contributed by atoms with Gasteiger partial charge in [0.25, 0.3) is 11.4 Å². The summed E-state index contributed by atoms with van der Waals surface area (Å²) < 4.78 is 1.37. The third-order valence-electron chi connectivity index (χ3n) is 5.15. The number of carbonyl (C=O) groups is 1. The Labute approximate surface area is 189 Å². The number of hydrogen-bond donors (Lipinski definition) is 2. The van der Waals surface area contributed by atoms with Gasteiger partial charge < -0.3 is 14.7 Å². The zero-order chi connectivity index (χ0) is 22.8. The average molecular weight is 449 g/mol. The maximum Gasteiger partial charge on any atom is 0.264 e. The largest absolute Gasteiger partial charge is 0.359 e. The second-order valence-corrected chi connectivity index (χ2v) is 7.78. The number of benzene rings is 2. The zero-order valence-corrected chi connectivity index (χ0v) is 18.4. The SMILES string of the molecule is C=c1cc(C)n(CC(=O)Nc2cccc(Cl)c2C)c(=O)c1=C1N=C(c2ccccc2)NO1. The average Bonchev–Trinajstić information content (AvgIpc) is 3.25. The van der Waals surface area contributed by atoms with E-state index in [4.69, 9.17) is 16.4 Å². The van der Waals surface area contributed by atoms with Crippen molar-refractivity contribution in [3.8, 4) is 0 Å². The Hall–Kier alpha value is -3.84. The lowest BCUT2D eigenvalue weighted by molar-refractivity contribution is -0.116. The van der Waals surface area contributed by atoms with Crippen LogP contribution in [0.2, 0.25) is 5.02 Å². The number of nitrogens with one attached hydrogen (secondary N) is 2. The van der Waals surface area contributed by atoms with Crippen molar-refractivity contribution in [2.75, 3.05) is 5.32 Å². The molecule has 3 aromatic rings. The molecular formula is C24H21ClN4O3. The molecule has 1 amide bonds. The summed E-state index contributed by atoms with van der Waals surface area (Å²) in [4.78, 5) is 35.9. The van der Waals surface area contributed by atoms with Gasteiger partial charge in [-0.25, -0.2) is 5.48 Å². The molecule has 2 N–H and O–H groups in total. The van der Waals surface area contributed by atoms with Crippen molar-refractivity contribution in [1.82, 2.24) is 10.0 Å². The lowest BCUT2D eigenvalue weighted by atomic mass is 10.2. The molecule has 32 heavy (non-hydrogen) atoms. The van der Waals surface area contributed by atoms with E-state index in [9.17, 15) is 9.59 Å². The van der Waals surface area contributed by atoms with Crippen LogP contribution in [0.4, 0.5) is 5.69 Å². The van der Waals surface area contributed by atoms with Gasteiger partial charge in [0.05, 0.1) is 0 Å². The fraction of sp³-hybridized carbons (Fsp3) is 0.125. The van der Waals surface area contributed by atoms with E-state index in [1.807, 2.05) is 37.3 Å². The molecule has 0 saturated heterocycles. The standard InChI is InChI=1S/C24H21ClN4O3/c1-14-12-15(2)29(13-20(30)26-19-11-7-10-18(25)16(19)3)24(31)21(14)23-27-22(28-32-23)17-8-5-4-6-9-17/h4-12H,1,13H2,2-3H3,(H,26,30)(H,27,28). The number of pyridine rings is 1. The third kappa shape index (κ3) is 4.15. The van der Waals surface area contributed by atoms with Gasteiger partial charge >= 0.3 is 0 Å². The van der Waals surface area contributed by atoms with Crippen molar-refractivity contribution < 1.29 is 9.63 Å². The van der Waals surface area contributed by atoms with E-state index < -0.39 is 5.56 Å². The summed E-state index contributed by atoms with van der Waals surface area (Å²) in [6.45, 7) is 7.35. The summed E-state index contributed by atoms with van der Waals surface area (Å²) in [5.74, 6) is 0.242. The van der Waals surface area contributed by atoms with Crippen LogP contribution in [-0.4, -0.2) is 16.3 Å². The highest BCUT2D eigenvalue weighted by molar-refractivity contribution is 6.31. The first kappa shape index (κ1) is 21.4. The van der Waals surface area contributed by atoms with Gasteiger partial charge in [0.15, 0.2) is 5.84 Å². The monoisotopic (exact) mass is 448 g/mol. The lowest BCUT2D eigenvalue weighted by Gasteiger charge is -2.13. The van der Waals surface area contributed by atoms with Crippen molar-refractivity contribution in [3.05, 3.63) is 97.2 Å². The normalized spacial score (nSPS) is 14.4. The lowest BCUT2D eigenvalue weighted by Crippen LogP contribution is -2.47. The van der Waals surface area contributed by atoms with Gasteiger partial charge in [0, 0.05) is 22.0 Å². The van der Waals surface area contributed by atoms with Crippen LogP contribution >= 0.6 is 11.6 Å². The number of rotatable bonds is 4. The number of amidine groups is 1. The molecule has 0 aliphatic carbocycles. The molecular weight excluding hydrogens is 428 g/mol. The summed E-state index contributed by atoms with van der Waals surface area (Å²) in [5, 5.41) is 4.02. The highest BCUT2D eigenvalue weighted by Crippen LogP contribution is 2.22. The van der Waals surface area contributed by atoms with Gasteiger partial charge in [-0.05, 0) is 42.8 Å². The number of hydroxylamine groups is 1. The Kier molecular flexibility index (Phi) is 5.83. The molecule has 2 heterocycles. The number of aromatic nitrogens is 1. The highest BCUT2D eigenvalue weighted by atomic mass is 35.5. The second kappa shape index (κ2) is 8.72. The molecule has 0 saturated carbocycles. The fourth-order valence-electron chi connectivity index (χ4n) is 3.41. The fourth-order valence-corrected chi connectivity index (χ4v) is 3.58. The van der Waals surface area contributed by atoms with E-state index in [1.54, 1.807) is 31.2 Å². The van der Waals surface area contributed by atoms with Crippen LogP contribution in [0, 0.1) is 13.8 Å². The highest BCUT2D eigenvalue weighted by Gasteiger charge is 2.18. The number of hydrogen-bond acceptors (Lipinski definition) is 5. The zero-order valence-electron chi connectivity index (χ0n) is 17.6. The van der Waals surface area contributed by atoms with Crippen molar-refractivity contribution >= 4 is 41.5 Å². The number of halogens is 1. The quantitative estimate of drug-likeness (QED) is 0.641. The summed E-state index contributed by atoms with van der Waals surface area (Å²) >= 11 is 6.13. The van der Waals surface area contributed by atoms with E-state index in [2.05, 4.69) is 22.4 Å². The minimum absolute atomic E-state index is 0.110. The number of aliphatic imine (C=N–C) groups is 1. The van der Waals surface area contributed by atoms with Crippen LogP contribution in [0.5, 0.6) is 0 Å². The maximum atomic E-state index is 13.3. The molecule has 1 aromatic heterocycles. The van der Waals surface area contributed by atoms with E-state index in [1.165, 1.54) is 4.57 Å². The third-order valence-corrected chi connectivity index (χ3v) is 5.56. The van der Waals surface area contributed by atoms with E-state index in [0.29, 0.717) is 27.5 Å². The summed E-state index contributed by atoms with van der Waals surface area (Å²) in [6, 6.07) is 16.4. The van der Waals surface area contributed by atoms with E-state index in [-0.39, 0.29) is 23.6 Å². The topological polar surface area (TPSA) is 84.7 Å². The maximum absolute atomic E-state index is 13.3. The predicted molar refractivity (Wildman–Crippen MR) is 126 cm³/mol. The number of carbonyl (C=O) groups excluding carboxylic acids is 1. The summed E-state index contributed by atoms with van der Waals surface area (Å²) in [5.41, 5.74) is 5.09. The van der Waals surface area contributed by atoms with Gasteiger partial charge in [0.1, 0.15) is 11.8 Å². The first-order chi connectivity index (χ1) is 15.3. The molecule has 1 aliphatic rings. The van der Waals surface area contributed by atoms with E-state index in [0.717, 1.165) is 11.1 Å². The molecule has 0 unspecified atom stereocenters. The molecule has 2 aromatic carbocycles. The molecule has 0 atom stereocenters. The Morgan fingerprint density at radius 2 is 1.94 bits per heavy atom. The molecule has 8 heteroatoms. The molecule has 1 aliphatic heterocycles. The summed E-state index contributed by atoms with van der Waals surface area (Å²) in [7, 11) is 0. The van der Waals surface area contributed by atoms with E-state index >= 15 is 0 Å². The Morgan fingerprint density at radius 3 is 2.69 bits per heavy atom. The van der Waals surface area contributed by atoms with Gasteiger partial charge in [-0.2, -0.15) is 4.99 Å². The smallest absolute Gasteiger partial charge is 0.264 e. The van der Waals surface area contributed by atoms with Crippen LogP contribution < -0.4 is 26.8 Å². The van der Waals surface area contributed by atoms with Gasteiger partial charge in [0.2, 0.25) is 5.91 Å². The Morgan fingerprint density at radius 1 is 1.19 bits per heavy atom. The minimum atomic E-state index is -0.414. The van der Waals surface area contributed by atoms with Gasteiger partial charge in [-0.3, -0.25) is 9.59 Å². The molecule has 0 spiro atoms. The first-order valence-electron chi connectivity index (χ1n) is 9.91. The molecule has 4 rings (SSSR count). The predicted octanol–water partition coefficient (Wildman–Crippen LogP) is 2.21. The number of nitrogens with zero attached hydrogens (tertiary/aromatic N) is 2. The van der Waals surface area contributed by atoms with Crippen LogP contribution in [0.25, 0.3) is 12.5 Å². The summed E-state index contributed by atoms with van der Waals surface area (Å²) in [6.07, 6.45) is 0. The first-order valence-corrected chi connectivity index (χ1v) is 10.3. The Bertz CT molecular complexity index is 1410. The second-order valence-electron chi connectivity index (χ2n) is 7.37. The van der Waals surface area contributed by atoms with Gasteiger partial charge in [-0.1, -0.05) is 54.6 Å².